The topological polar surface area (TPSA) is 58.6 Å². The van der Waals surface area contributed by atoms with E-state index in [0.717, 1.165) is 57.1 Å². The SMILES string of the molecule is O=C(C1CCCO1)N1CCN(c2ccc(C3CC3)nn2)CC1. The van der Waals surface area contributed by atoms with Crippen LogP contribution >= 0.6 is 0 Å². The molecule has 118 valence electrons. The third-order valence-electron chi connectivity index (χ3n) is 4.79. The van der Waals surface area contributed by atoms with Gasteiger partial charge in [-0.25, -0.2) is 0 Å². The fourth-order valence-corrected chi connectivity index (χ4v) is 3.23. The van der Waals surface area contributed by atoms with Crippen molar-refractivity contribution in [3.8, 4) is 0 Å². The largest absolute Gasteiger partial charge is 0.368 e. The number of piperazine rings is 1. The number of amides is 1. The number of hydrogen-bond acceptors (Lipinski definition) is 5. The maximum atomic E-state index is 12.3. The quantitative estimate of drug-likeness (QED) is 0.839. The first-order valence-electron chi connectivity index (χ1n) is 8.30. The summed E-state index contributed by atoms with van der Waals surface area (Å²) in [5.41, 5.74) is 1.12. The molecule has 0 bridgehead atoms. The van der Waals surface area contributed by atoms with Crippen molar-refractivity contribution in [2.24, 2.45) is 0 Å². The summed E-state index contributed by atoms with van der Waals surface area (Å²) in [4.78, 5) is 16.5. The average molecular weight is 302 g/mol. The summed E-state index contributed by atoms with van der Waals surface area (Å²) in [6.07, 6.45) is 4.16. The predicted octanol–water partition coefficient (Wildman–Crippen LogP) is 1.18. The van der Waals surface area contributed by atoms with Crippen molar-refractivity contribution >= 4 is 11.7 Å². The van der Waals surface area contributed by atoms with Crippen molar-refractivity contribution in [1.82, 2.24) is 15.1 Å². The molecular formula is C16H22N4O2. The minimum absolute atomic E-state index is 0.160. The summed E-state index contributed by atoms with van der Waals surface area (Å²) < 4.78 is 5.49. The van der Waals surface area contributed by atoms with Crippen LogP contribution in [0.3, 0.4) is 0 Å². The molecule has 2 saturated heterocycles. The molecular weight excluding hydrogens is 280 g/mol. The molecule has 3 fully saturated rings. The Hall–Kier alpha value is -1.69. The van der Waals surface area contributed by atoms with Crippen molar-refractivity contribution in [3.05, 3.63) is 17.8 Å². The highest BCUT2D eigenvalue weighted by Crippen LogP contribution is 2.38. The third kappa shape index (κ3) is 2.79. The first-order chi connectivity index (χ1) is 10.8. The lowest BCUT2D eigenvalue weighted by Gasteiger charge is -2.36. The molecule has 2 aliphatic heterocycles. The van der Waals surface area contributed by atoms with Crippen LogP contribution in [0.25, 0.3) is 0 Å². The summed E-state index contributed by atoms with van der Waals surface area (Å²) in [5, 5.41) is 8.70. The highest BCUT2D eigenvalue weighted by Gasteiger charge is 2.31. The van der Waals surface area contributed by atoms with Crippen LogP contribution in [0.15, 0.2) is 12.1 Å². The Labute approximate surface area is 130 Å². The number of anilines is 1. The highest BCUT2D eigenvalue weighted by molar-refractivity contribution is 5.81. The van der Waals surface area contributed by atoms with Crippen molar-refractivity contribution in [1.29, 1.82) is 0 Å². The van der Waals surface area contributed by atoms with Crippen LogP contribution in [0, 0.1) is 0 Å². The van der Waals surface area contributed by atoms with Crippen molar-refractivity contribution in [2.45, 2.75) is 37.7 Å². The molecule has 22 heavy (non-hydrogen) atoms. The molecule has 0 radical (unpaired) electrons. The smallest absolute Gasteiger partial charge is 0.251 e. The van der Waals surface area contributed by atoms with Crippen LogP contribution < -0.4 is 4.90 Å². The van der Waals surface area contributed by atoms with Gasteiger partial charge in [0, 0.05) is 38.7 Å². The van der Waals surface area contributed by atoms with Gasteiger partial charge in [-0.3, -0.25) is 4.79 Å². The van der Waals surface area contributed by atoms with E-state index in [1.165, 1.54) is 12.8 Å². The Kier molecular flexibility index (Phi) is 3.70. The van der Waals surface area contributed by atoms with E-state index in [1.54, 1.807) is 0 Å². The van der Waals surface area contributed by atoms with Gasteiger partial charge in [0.15, 0.2) is 5.82 Å². The van der Waals surface area contributed by atoms with Crippen molar-refractivity contribution < 1.29 is 9.53 Å². The Balaban J connectivity index is 1.33. The van der Waals surface area contributed by atoms with E-state index in [2.05, 4.69) is 27.2 Å². The molecule has 4 rings (SSSR count). The minimum atomic E-state index is -0.204. The van der Waals surface area contributed by atoms with Crippen molar-refractivity contribution in [3.63, 3.8) is 0 Å². The molecule has 1 aromatic rings. The number of aromatic nitrogens is 2. The second-order valence-electron chi connectivity index (χ2n) is 6.40. The number of ether oxygens (including phenoxy) is 1. The molecule has 1 aromatic heterocycles. The van der Waals surface area contributed by atoms with Gasteiger partial charge < -0.3 is 14.5 Å². The number of carbonyl (C=O) groups is 1. The molecule has 1 aliphatic carbocycles. The van der Waals surface area contributed by atoms with Crippen LogP contribution in [0.4, 0.5) is 5.82 Å². The van der Waals surface area contributed by atoms with Crippen LogP contribution in [0.1, 0.15) is 37.3 Å². The van der Waals surface area contributed by atoms with Crippen LogP contribution in [-0.2, 0) is 9.53 Å². The molecule has 0 aromatic carbocycles. The third-order valence-corrected chi connectivity index (χ3v) is 4.79. The normalized spacial score (nSPS) is 25.5. The zero-order valence-electron chi connectivity index (χ0n) is 12.8. The Morgan fingerprint density at radius 3 is 2.50 bits per heavy atom. The lowest BCUT2D eigenvalue weighted by atomic mass is 10.2. The fraction of sp³-hybridized carbons (Fsp3) is 0.688. The van der Waals surface area contributed by atoms with Crippen LogP contribution in [0.5, 0.6) is 0 Å². The zero-order chi connectivity index (χ0) is 14.9. The molecule has 3 aliphatic rings. The molecule has 1 atom stereocenters. The maximum absolute atomic E-state index is 12.3. The fourth-order valence-electron chi connectivity index (χ4n) is 3.23. The van der Waals surface area contributed by atoms with Crippen LogP contribution in [-0.4, -0.2) is 59.9 Å². The van der Waals surface area contributed by atoms with E-state index in [9.17, 15) is 4.79 Å². The van der Waals surface area contributed by atoms with E-state index in [0.29, 0.717) is 5.92 Å². The van der Waals surface area contributed by atoms with Gasteiger partial charge in [0.2, 0.25) is 0 Å². The number of carbonyl (C=O) groups excluding carboxylic acids is 1. The number of nitrogens with zero attached hydrogens (tertiary/aromatic N) is 4. The zero-order valence-corrected chi connectivity index (χ0v) is 12.8. The van der Waals surface area contributed by atoms with E-state index in [1.807, 2.05) is 4.90 Å². The molecule has 6 nitrogen and oxygen atoms in total. The molecule has 1 saturated carbocycles. The Bertz CT molecular complexity index is 530. The van der Waals surface area contributed by atoms with Gasteiger partial charge in [0.05, 0.1) is 5.69 Å². The number of rotatable bonds is 3. The second-order valence-corrected chi connectivity index (χ2v) is 6.40. The van der Waals surface area contributed by atoms with Gasteiger partial charge in [0.1, 0.15) is 6.10 Å². The van der Waals surface area contributed by atoms with Gasteiger partial charge in [-0.1, -0.05) is 0 Å². The highest BCUT2D eigenvalue weighted by atomic mass is 16.5. The molecule has 6 heteroatoms. The first kappa shape index (κ1) is 13.9. The van der Waals surface area contributed by atoms with Crippen LogP contribution in [0.2, 0.25) is 0 Å². The van der Waals surface area contributed by atoms with E-state index >= 15 is 0 Å². The van der Waals surface area contributed by atoms with E-state index < -0.39 is 0 Å². The van der Waals surface area contributed by atoms with Gasteiger partial charge >= 0.3 is 0 Å². The van der Waals surface area contributed by atoms with E-state index in [4.69, 9.17) is 4.74 Å². The molecule has 0 N–H and O–H groups in total. The Morgan fingerprint density at radius 1 is 1.09 bits per heavy atom. The molecule has 0 spiro atoms. The van der Waals surface area contributed by atoms with Gasteiger partial charge in [-0.15, -0.1) is 5.10 Å². The summed E-state index contributed by atoms with van der Waals surface area (Å²) in [7, 11) is 0. The Morgan fingerprint density at radius 2 is 1.91 bits per heavy atom. The van der Waals surface area contributed by atoms with Gasteiger partial charge in [0.25, 0.3) is 5.91 Å². The van der Waals surface area contributed by atoms with Gasteiger partial charge in [-0.2, -0.15) is 5.10 Å². The lowest BCUT2D eigenvalue weighted by Crippen LogP contribution is -2.51. The average Bonchev–Trinajstić information content (AvgIpc) is 3.29. The minimum Gasteiger partial charge on any atom is -0.368 e. The van der Waals surface area contributed by atoms with Crippen molar-refractivity contribution in [2.75, 3.05) is 37.7 Å². The first-order valence-corrected chi connectivity index (χ1v) is 8.30. The predicted molar refractivity (Wildman–Crippen MR) is 81.8 cm³/mol. The lowest BCUT2D eigenvalue weighted by molar-refractivity contribution is -0.141. The molecule has 3 heterocycles. The summed E-state index contributed by atoms with van der Waals surface area (Å²) in [5.74, 6) is 1.73. The summed E-state index contributed by atoms with van der Waals surface area (Å²) in [6.45, 7) is 3.83. The standard InChI is InChI=1S/C16H22N4O2/c21-16(14-2-1-11-22-14)20-9-7-19(8-10-20)15-6-5-13(17-18-15)12-3-4-12/h5-6,12,14H,1-4,7-11H2. The summed E-state index contributed by atoms with van der Waals surface area (Å²) >= 11 is 0. The second kappa shape index (κ2) is 5.83. The maximum Gasteiger partial charge on any atom is 0.251 e. The molecule has 1 unspecified atom stereocenters. The van der Waals surface area contributed by atoms with Gasteiger partial charge in [-0.05, 0) is 37.8 Å². The number of hydrogen-bond donors (Lipinski definition) is 0. The monoisotopic (exact) mass is 302 g/mol. The van der Waals surface area contributed by atoms with E-state index in [-0.39, 0.29) is 12.0 Å². The molecule has 1 amide bonds. The summed E-state index contributed by atoms with van der Waals surface area (Å²) in [6, 6.07) is 4.17.